The Morgan fingerprint density at radius 3 is 1.73 bits per heavy atom. The first kappa shape index (κ1) is 36.6. The minimum absolute atomic E-state index is 0. The molecule has 0 aliphatic rings. The van der Waals surface area contributed by atoms with Crippen molar-refractivity contribution >= 4 is 19.7 Å². The van der Waals surface area contributed by atoms with Crippen molar-refractivity contribution in [1.82, 2.24) is 0 Å². The van der Waals surface area contributed by atoms with Crippen LogP contribution >= 0.6 is 9.69 Å². The van der Waals surface area contributed by atoms with Crippen LogP contribution in [0.15, 0.2) is 114 Å². The molecule has 41 heavy (non-hydrogen) atoms. The predicted octanol–water partition coefficient (Wildman–Crippen LogP) is 9.30. The number of hydrogen-bond donors (Lipinski definition) is 0. The summed E-state index contributed by atoms with van der Waals surface area (Å²) in [5, 5.41) is 0. The molecule has 4 rings (SSSR count). The summed E-state index contributed by atoms with van der Waals surface area (Å²) in [6.45, 7) is 7.49. The monoisotopic (exact) mass is 680 g/mol. The molecule has 1 N–H and O–H groups in total. The van der Waals surface area contributed by atoms with Crippen LogP contribution in [0.4, 0.5) is 0 Å². The molecule has 0 heterocycles. The van der Waals surface area contributed by atoms with E-state index >= 15 is 0 Å². The van der Waals surface area contributed by atoms with Crippen molar-refractivity contribution in [3.05, 3.63) is 155 Å². The molecule has 0 aliphatic heterocycles. The van der Waals surface area contributed by atoms with Crippen molar-refractivity contribution in [3.63, 3.8) is 0 Å². The van der Waals surface area contributed by atoms with Gasteiger partial charge >= 0.3 is 27.0 Å². The van der Waals surface area contributed by atoms with E-state index in [9.17, 15) is 8.42 Å². The fourth-order valence-corrected chi connectivity index (χ4v) is 5.10. The van der Waals surface area contributed by atoms with Crippen molar-refractivity contribution in [2.75, 3.05) is 13.2 Å². The molecule has 4 aromatic rings. The van der Waals surface area contributed by atoms with Crippen LogP contribution in [0.1, 0.15) is 46.7 Å². The first-order valence-corrected chi connectivity index (χ1v) is 16.5. The van der Waals surface area contributed by atoms with Crippen LogP contribution < -0.4 is 0 Å². The van der Waals surface area contributed by atoms with E-state index in [4.69, 9.17) is 10.5 Å². The van der Waals surface area contributed by atoms with Gasteiger partial charge in [0.05, 0.1) is 6.61 Å². The van der Waals surface area contributed by atoms with Crippen LogP contribution in [0.3, 0.4) is 0 Å². The fraction of sp³-hybridized carbons (Fsp3) is 0.242. The quantitative estimate of drug-likeness (QED) is 0.0952. The van der Waals surface area contributed by atoms with Crippen LogP contribution in [0, 0.1) is 21.3 Å². The molecule has 0 fully saturated rings. The second-order valence-corrected chi connectivity index (χ2v) is 10.9. The van der Waals surface area contributed by atoms with E-state index in [1.807, 2.05) is 91.8 Å². The van der Waals surface area contributed by atoms with Gasteiger partial charge in [-0.1, -0.05) is 127 Å². The third-order valence-corrected chi connectivity index (χ3v) is 7.52. The van der Waals surface area contributed by atoms with E-state index in [-0.39, 0.29) is 18.2 Å². The summed E-state index contributed by atoms with van der Waals surface area (Å²) in [5.74, 6) is -0.0705. The van der Waals surface area contributed by atoms with Gasteiger partial charge in [0.1, 0.15) is 10.0 Å². The second-order valence-electron chi connectivity index (χ2n) is 9.24. The number of aryl methyl sites for hydroxylation is 2. The third-order valence-electron chi connectivity index (χ3n) is 6.15. The van der Waals surface area contributed by atoms with Crippen LogP contribution in [-0.4, -0.2) is 21.6 Å². The maximum absolute atomic E-state index is 12.9. The molecule has 5 nitrogen and oxygen atoms in total. The van der Waals surface area contributed by atoms with Gasteiger partial charge in [0.15, 0.2) is 0 Å². The number of nitrogens with zero attached hydrogens (tertiary/aromatic N) is 1. The Morgan fingerprint density at radius 2 is 1.24 bits per heavy atom. The molecule has 0 spiro atoms. The van der Waals surface area contributed by atoms with Crippen LogP contribution in [-0.2, 0) is 38.7 Å². The summed E-state index contributed by atoms with van der Waals surface area (Å²) < 4.78 is 35.3. The van der Waals surface area contributed by atoms with Gasteiger partial charge in [0.2, 0.25) is 0 Å². The van der Waals surface area contributed by atoms with E-state index < -0.39 is 16.1 Å². The van der Waals surface area contributed by atoms with Crippen molar-refractivity contribution in [2.45, 2.75) is 44.2 Å². The first-order chi connectivity index (χ1) is 19.3. The molecule has 0 saturated carbocycles. The van der Waals surface area contributed by atoms with E-state index in [0.29, 0.717) is 19.8 Å². The molecule has 220 valence electrons. The average Bonchev–Trinajstić information content (AvgIpc) is 2.99. The van der Waals surface area contributed by atoms with Gasteiger partial charge in [-0.3, -0.25) is 0 Å². The third kappa shape index (κ3) is 12.6. The first-order valence-electron chi connectivity index (χ1n) is 12.8. The molecule has 0 amide bonds. The minimum atomic E-state index is -3.75. The van der Waals surface area contributed by atoms with Gasteiger partial charge < -0.3 is 22.6 Å². The molecule has 0 radical (unpaired) electrons. The Balaban J connectivity index is 0.000000473. The average molecular weight is 680 g/mol. The van der Waals surface area contributed by atoms with Crippen molar-refractivity contribution in [1.29, 1.82) is 0 Å². The number of halogens is 1. The standard InChI is InChI=1S/C22H22NO2S.C10H14NO.CH3.ClH.Ru/c1-17-13-15-21(16-14-17)26(24,25)23-22(20-11-7-4-8-12-20)18(2)19-9-5-3-6-10-19;1-9-2-4-10(5-3-9)8-12-7-6-11;;;/h3-16,18,22H,1-2H3;2-5,11H,6-8H2,1H3;1H3;1H;/q3*-1;;+4/p-1. The molecular weight excluding hydrogens is 641 g/mol. The van der Waals surface area contributed by atoms with Crippen LogP contribution in [0.2, 0.25) is 0 Å². The number of nitrogens with one attached hydrogen (secondary N) is 1. The number of rotatable bonds is 10. The molecule has 0 aromatic heterocycles. The van der Waals surface area contributed by atoms with Crippen molar-refractivity contribution in [2.24, 2.45) is 0 Å². The SMILES string of the molecule is Cc1ccc(COCC[NH-])cc1.Cc1ccc(S(=O)(=O)[N-]C(c2ccccc2)C(C)c2ccccc2)cc1.[CH3-].[Cl][Ru+3]. The molecule has 8 heteroatoms. The summed E-state index contributed by atoms with van der Waals surface area (Å²) in [6.07, 6.45) is 0. The zero-order valence-corrected chi connectivity index (χ0v) is 27.3. The Morgan fingerprint density at radius 1 is 0.780 bits per heavy atom. The fourth-order valence-electron chi connectivity index (χ4n) is 3.90. The summed E-state index contributed by atoms with van der Waals surface area (Å²) in [5.41, 5.74) is 12.3. The number of ether oxygens (including phenoxy) is 1. The zero-order valence-electron chi connectivity index (χ0n) is 24.0. The molecular formula is C33H39ClN2O3RuS. The Hall–Kier alpha value is -2.38. The van der Waals surface area contributed by atoms with Gasteiger partial charge in [-0.2, -0.15) is 0 Å². The topological polar surface area (TPSA) is 81.3 Å². The summed E-state index contributed by atoms with van der Waals surface area (Å²) >= 11 is 1.82. The second kappa shape index (κ2) is 19.7. The summed E-state index contributed by atoms with van der Waals surface area (Å²) in [6, 6.07) is 34.1. The van der Waals surface area contributed by atoms with Gasteiger partial charge in [0.25, 0.3) is 0 Å². The summed E-state index contributed by atoms with van der Waals surface area (Å²) in [4.78, 5) is 0.226. The number of benzene rings is 4. The molecule has 2 atom stereocenters. The molecule has 0 bridgehead atoms. The Kier molecular flexibility index (Phi) is 17.6. The Labute approximate surface area is 261 Å². The van der Waals surface area contributed by atoms with Gasteiger partial charge in [-0.25, -0.2) is 8.42 Å². The van der Waals surface area contributed by atoms with Gasteiger partial charge in [-0.05, 0) is 43.0 Å². The predicted molar refractivity (Wildman–Crippen MR) is 168 cm³/mol. The molecule has 2 unspecified atom stereocenters. The summed E-state index contributed by atoms with van der Waals surface area (Å²) in [7, 11) is 0.816. The maximum atomic E-state index is 12.9. The number of hydrogen-bond acceptors (Lipinski definition) is 3. The van der Waals surface area contributed by atoms with Gasteiger partial charge in [0, 0.05) is 11.5 Å². The number of sulfonamides is 1. The van der Waals surface area contributed by atoms with Gasteiger partial charge in [-0.15, -0.1) is 6.54 Å². The molecule has 0 aliphatic carbocycles. The normalized spacial score (nSPS) is 11.9. The van der Waals surface area contributed by atoms with Crippen LogP contribution in [0.25, 0.3) is 10.5 Å². The molecule has 0 saturated heterocycles. The van der Waals surface area contributed by atoms with E-state index in [0.717, 1.165) is 16.7 Å². The Bertz CT molecular complexity index is 1340. The van der Waals surface area contributed by atoms with Crippen molar-refractivity contribution in [3.8, 4) is 0 Å². The zero-order chi connectivity index (χ0) is 29.4. The van der Waals surface area contributed by atoms with Crippen LogP contribution in [0.5, 0.6) is 0 Å². The van der Waals surface area contributed by atoms with E-state index in [1.165, 1.54) is 11.1 Å². The van der Waals surface area contributed by atoms with E-state index in [1.54, 1.807) is 24.3 Å². The molecule has 4 aromatic carbocycles. The van der Waals surface area contributed by atoms with Crippen molar-refractivity contribution < 1.29 is 30.5 Å². The van der Waals surface area contributed by atoms with E-state index in [2.05, 4.69) is 45.6 Å².